The Morgan fingerprint density at radius 2 is 2.26 bits per heavy atom. The lowest BCUT2D eigenvalue weighted by molar-refractivity contribution is -0.502. The summed E-state index contributed by atoms with van der Waals surface area (Å²) in [5.41, 5.74) is 5.01. The van der Waals surface area contributed by atoms with Crippen LogP contribution in [0.3, 0.4) is 0 Å². The maximum Gasteiger partial charge on any atom is 0.291 e. The molecule has 0 saturated carbocycles. The van der Waals surface area contributed by atoms with E-state index in [1.165, 1.54) is 12.2 Å². The van der Waals surface area contributed by atoms with Crippen LogP contribution in [0.25, 0.3) is 0 Å². The van der Waals surface area contributed by atoms with E-state index < -0.39 is 23.2 Å². The number of hydrogen-bond acceptors (Lipinski definition) is 8. The molecule has 0 bridgehead atoms. The van der Waals surface area contributed by atoms with E-state index in [1.54, 1.807) is 0 Å². The predicted octanol–water partition coefficient (Wildman–Crippen LogP) is -1.72. The van der Waals surface area contributed by atoms with Crippen LogP contribution in [0, 0.1) is 21.2 Å². The average molecular weight is 269 g/mol. The lowest BCUT2D eigenvalue weighted by atomic mass is 9.94. The fourth-order valence-corrected chi connectivity index (χ4v) is 1.92. The highest BCUT2D eigenvalue weighted by Crippen LogP contribution is 2.21. The number of hydrogen-bond donors (Lipinski definition) is 4. The van der Waals surface area contributed by atoms with Crippen LogP contribution in [0.2, 0.25) is 0 Å². The van der Waals surface area contributed by atoms with E-state index in [4.69, 9.17) is 10.9 Å². The van der Waals surface area contributed by atoms with Crippen LogP contribution in [-0.4, -0.2) is 43.9 Å². The van der Waals surface area contributed by atoms with Crippen LogP contribution in [0.5, 0.6) is 0 Å². The molecule has 1 heterocycles. The lowest BCUT2D eigenvalue weighted by Gasteiger charge is -2.24. The van der Waals surface area contributed by atoms with Crippen molar-refractivity contribution in [2.24, 2.45) is 16.8 Å². The summed E-state index contributed by atoms with van der Waals surface area (Å²) in [7, 11) is 0. The molecule has 10 nitrogen and oxygen atoms in total. The highest BCUT2D eigenvalue weighted by atomic mass is 16.6. The number of allylic oxidation sites excluding steroid dienone is 2. The summed E-state index contributed by atoms with van der Waals surface area (Å²) in [4.78, 5) is 9.96. The molecule has 1 aliphatic heterocycles. The Hall–Kier alpha value is -2.46. The van der Waals surface area contributed by atoms with Gasteiger partial charge < -0.3 is 15.5 Å². The van der Waals surface area contributed by atoms with E-state index in [1.807, 2.05) is 0 Å². The summed E-state index contributed by atoms with van der Waals surface area (Å²) in [5, 5.41) is 46.0. The molecular formula is C9H11N5O5. The van der Waals surface area contributed by atoms with Crippen molar-refractivity contribution >= 4 is 11.5 Å². The molecule has 10 heteroatoms. The predicted molar refractivity (Wildman–Crippen MR) is 62.7 cm³/mol. The van der Waals surface area contributed by atoms with E-state index in [9.17, 15) is 20.4 Å². The zero-order chi connectivity index (χ0) is 14.2. The zero-order valence-electron chi connectivity index (χ0n) is 9.50. The van der Waals surface area contributed by atoms with Gasteiger partial charge in [0.05, 0.1) is 16.6 Å². The van der Waals surface area contributed by atoms with Gasteiger partial charge in [-0.05, 0) is 0 Å². The number of nitrogens with two attached hydrogens (primary N) is 1. The molecule has 5 N–H and O–H groups in total. The Balaban J connectivity index is 2.30. The van der Waals surface area contributed by atoms with Crippen molar-refractivity contribution in [1.29, 1.82) is 0 Å². The molecule has 1 aliphatic carbocycles. The Bertz CT molecular complexity index is 537. The first-order valence-corrected chi connectivity index (χ1v) is 5.24. The number of nitro groups is 1. The van der Waals surface area contributed by atoms with Crippen molar-refractivity contribution in [3.05, 3.63) is 39.2 Å². The van der Waals surface area contributed by atoms with Crippen molar-refractivity contribution < 1.29 is 20.0 Å². The van der Waals surface area contributed by atoms with Crippen LogP contribution in [0.1, 0.15) is 0 Å². The van der Waals surface area contributed by atoms with E-state index >= 15 is 0 Å². The van der Waals surface area contributed by atoms with Crippen LogP contribution in [0.15, 0.2) is 29.1 Å². The third kappa shape index (κ3) is 2.13. The average Bonchev–Trinajstić information content (AvgIpc) is 2.65. The van der Waals surface area contributed by atoms with Gasteiger partial charge in [-0.15, -0.1) is 0 Å². The number of oxime groups is 1. The number of nitrogens with one attached hydrogen (secondary N) is 1. The Labute approximate surface area is 106 Å². The maximum absolute atomic E-state index is 11.7. The summed E-state index contributed by atoms with van der Waals surface area (Å²) >= 11 is 0. The maximum atomic E-state index is 11.7. The van der Waals surface area contributed by atoms with Crippen molar-refractivity contribution in [3.8, 4) is 0 Å². The molecule has 0 radical (unpaired) electrons. The molecule has 0 amide bonds. The number of hydroxylamine groups is 1. The number of aliphatic hydroxyl groups excluding tert-OH is 1. The van der Waals surface area contributed by atoms with Gasteiger partial charge in [-0.25, -0.2) is 5.32 Å². The first-order valence-electron chi connectivity index (χ1n) is 5.24. The molecule has 3 atom stereocenters. The van der Waals surface area contributed by atoms with E-state index in [0.29, 0.717) is 4.74 Å². The van der Waals surface area contributed by atoms with Gasteiger partial charge in [-0.3, -0.25) is 20.6 Å². The van der Waals surface area contributed by atoms with E-state index in [0.717, 1.165) is 6.08 Å². The summed E-state index contributed by atoms with van der Waals surface area (Å²) in [5.74, 6) is -1.10. The molecule has 3 unspecified atom stereocenters. The Kier molecular flexibility index (Phi) is 3.19. The zero-order valence-corrected chi connectivity index (χ0v) is 9.50. The number of amidine groups is 1. The number of aliphatic hydroxyl groups is 1. The van der Waals surface area contributed by atoms with Crippen LogP contribution >= 0.6 is 0 Å². The quantitative estimate of drug-likeness (QED) is 0.152. The summed E-state index contributed by atoms with van der Waals surface area (Å²) in [6.07, 6.45) is 1.26. The van der Waals surface area contributed by atoms with Crippen molar-refractivity contribution in [1.82, 2.24) is 5.32 Å². The van der Waals surface area contributed by atoms with E-state index in [-0.39, 0.29) is 17.2 Å². The Morgan fingerprint density at radius 1 is 1.58 bits per heavy atom. The molecule has 0 aromatic rings. The second-order valence-electron chi connectivity index (χ2n) is 4.00. The van der Waals surface area contributed by atoms with E-state index in [2.05, 4.69) is 10.5 Å². The third-order valence-electron chi connectivity index (χ3n) is 2.89. The SMILES string of the molecule is NC1=[N+]([O-])C(C2C=CC([N+](=O)[O-])=C/C2=N/O)NC1O. The van der Waals surface area contributed by atoms with Gasteiger partial charge in [0.1, 0.15) is 0 Å². The monoisotopic (exact) mass is 269 g/mol. The van der Waals surface area contributed by atoms with Crippen molar-refractivity contribution in [2.45, 2.75) is 12.4 Å². The molecule has 0 aromatic carbocycles. The minimum atomic E-state index is -1.31. The fraction of sp³-hybridized carbons (Fsp3) is 0.333. The van der Waals surface area contributed by atoms with Crippen LogP contribution < -0.4 is 11.1 Å². The van der Waals surface area contributed by atoms with Crippen LogP contribution in [-0.2, 0) is 0 Å². The minimum absolute atomic E-state index is 0.0746. The molecule has 19 heavy (non-hydrogen) atoms. The van der Waals surface area contributed by atoms with Crippen LogP contribution in [0.4, 0.5) is 0 Å². The smallest absolute Gasteiger partial charge is 0.291 e. The van der Waals surface area contributed by atoms with Crippen molar-refractivity contribution in [2.75, 3.05) is 0 Å². The number of rotatable bonds is 2. The molecule has 2 aliphatic rings. The highest BCUT2D eigenvalue weighted by molar-refractivity contribution is 6.00. The fourth-order valence-electron chi connectivity index (χ4n) is 1.92. The summed E-state index contributed by atoms with van der Waals surface area (Å²) in [6.45, 7) is 0. The van der Waals surface area contributed by atoms with Gasteiger partial charge in [0.2, 0.25) is 6.23 Å². The van der Waals surface area contributed by atoms with Gasteiger partial charge in [-0.1, -0.05) is 11.2 Å². The van der Waals surface area contributed by atoms with Gasteiger partial charge in [-0.2, -0.15) is 0 Å². The molecule has 0 saturated heterocycles. The topological polar surface area (TPSA) is 160 Å². The standard InChI is InChI=1S/C9H11N5O5/c10-7-9(15)11-8(13(7)17)5-2-1-4(14(18)19)3-6(5)12-16/h1-3,5,8-9,11,15-16H,10H2/b12-6-. The minimum Gasteiger partial charge on any atom is -0.714 e. The number of nitrogens with zero attached hydrogens (tertiary/aromatic N) is 3. The van der Waals surface area contributed by atoms with Crippen molar-refractivity contribution in [3.63, 3.8) is 0 Å². The molecule has 0 fully saturated rings. The second-order valence-corrected chi connectivity index (χ2v) is 4.00. The van der Waals surface area contributed by atoms with Gasteiger partial charge in [0, 0.05) is 12.2 Å². The second kappa shape index (κ2) is 4.66. The van der Waals surface area contributed by atoms with Gasteiger partial charge in [0.25, 0.3) is 11.5 Å². The first kappa shape index (κ1) is 13.0. The first-order chi connectivity index (χ1) is 8.95. The molecule has 102 valence electrons. The largest absolute Gasteiger partial charge is 0.714 e. The molecule has 2 rings (SSSR count). The summed E-state index contributed by atoms with van der Waals surface area (Å²) in [6, 6.07) is 0. The third-order valence-corrected chi connectivity index (χ3v) is 2.89. The lowest BCUT2D eigenvalue weighted by Crippen LogP contribution is -2.44. The summed E-state index contributed by atoms with van der Waals surface area (Å²) < 4.78 is 0.343. The highest BCUT2D eigenvalue weighted by Gasteiger charge is 2.39. The Morgan fingerprint density at radius 3 is 2.74 bits per heavy atom. The van der Waals surface area contributed by atoms with Gasteiger partial charge >= 0.3 is 0 Å². The van der Waals surface area contributed by atoms with Gasteiger partial charge in [0.15, 0.2) is 6.17 Å². The molecule has 0 aromatic heterocycles. The molecule has 0 spiro atoms. The normalized spacial score (nSPS) is 32.8. The molecular weight excluding hydrogens is 258 g/mol.